The first kappa shape index (κ1) is 15.0. The molecule has 3 heterocycles. The van der Waals surface area contributed by atoms with Crippen molar-refractivity contribution < 1.29 is 9.90 Å². The SMILES string of the molecule is O=C(Nc1ccc2c(c1)CCN2)C1=C(O)CCn2c1nc1ccccc12. The Balaban J connectivity index is 1.52. The maximum absolute atomic E-state index is 12.9. The summed E-state index contributed by atoms with van der Waals surface area (Å²) in [6.45, 7) is 1.53. The van der Waals surface area contributed by atoms with Crippen molar-refractivity contribution in [1.29, 1.82) is 0 Å². The second kappa shape index (κ2) is 5.62. The van der Waals surface area contributed by atoms with Crippen LogP contribution in [0.15, 0.2) is 48.2 Å². The van der Waals surface area contributed by atoms with Crippen LogP contribution in [0, 0.1) is 0 Å². The molecular formula is C20H18N4O2. The fourth-order valence-corrected chi connectivity index (χ4v) is 3.77. The molecular weight excluding hydrogens is 328 g/mol. The van der Waals surface area contributed by atoms with E-state index < -0.39 is 0 Å². The summed E-state index contributed by atoms with van der Waals surface area (Å²) in [5.74, 6) is 0.285. The minimum Gasteiger partial charge on any atom is -0.511 e. The van der Waals surface area contributed by atoms with E-state index in [1.165, 1.54) is 5.56 Å². The Labute approximate surface area is 150 Å². The fraction of sp³-hybridized carbons (Fsp3) is 0.200. The molecule has 3 N–H and O–H groups in total. The topological polar surface area (TPSA) is 79.2 Å². The number of para-hydroxylation sites is 2. The molecule has 0 atom stereocenters. The highest BCUT2D eigenvalue weighted by Crippen LogP contribution is 2.31. The van der Waals surface area contributed by atoms with Gasteiger partial charge in [0.25, 0.3) is 5.91 Å². The molecule has 130 valence electrons. The molecule has 6 nitrogen and oxygen atoms in total. The van der Waals surface area contributed by atoms with Crippen LogP contribution in [0.2, 0.25) is 0 Å². The number of carbonyl (C=O) groups excluding carboxylic acids is 1. The van der Waals surface area contributed by atoms with Crippen LogP contribution in [0.3, 0.4) is 0 Å². The van der Waals surface area contributed by atoms with E-state index in [4.69, 9.17) is 0 Å². The molecule has 5 rings (SSSR count). The van der Waals surface area contributed by atoms with Crippen molar-refractivity contribution in [2.75, 3.05) is 17.2 Å². The highest BCUT2D eigenvalue weighted by Gasteiger charge is 2.28. The lowest BCUT2D eigenvalue weighted by atomic mass is 10.1. The lowest BCUT2D eigenvalue weighted by molar-refractivity contribution is -0.111. The molecule has 0 saturated heterocycles. The number of aryl methyl sites for hydroxylation is 1. The number of aromatic nitrogens is 2. The van der Waals surface area contributed by atoms with Gasteiger partial charge in [0.1, 0.15) is 17.2 Å². The van der Waals surface area contributed by atoms with Gasteiger partial charge in [-0.3, -0.25) is 4.79 Å². The first-order valence-electron chi connectivity index (χ1n) is 8.76. The molecule has 1 aromatic heterocycles. The average molecular weight is 346 g/mol. The van der Waals surface area contributed by atoms with Gasteiger partial charge in [0.15, 0.2) is 0 Å². The van der Waals surface area contributed by atoms with E-state index in [1.54, 1.807) is 0 Å². The number of carbonyl (C=O) groups is 1. The molecule has 0 fully saturated rings. The maximum atomic E-state index is 12.9. The number of benzene rings is 2. The average Bonchev–Trinajstić information content (AvgIpc) is 3.24. The number of aliphatic hydroxyl groups excluding tert-OH is 1. The quantitative estimate of drug-likeness (QED) is 0.665. The van der Waals surface area contributed by atoms with Gasteiger partial charge >= 0.3 is 0 Å². The Bertz CT molecular complexity index is 1080. The monoisotopic (exact) mass is 346 g/mol. The van der Waals surface area contributed by atoms with Crippen LogP contribution in [-0.4, -0.2) is 27.1 Å². The summed E-state index contributed by atoms with van der Waals surface area (Å²) in [5.41, 5.74) is 5.09. The normalized spacial score (nSPS) is 15.5. The van der Waals surface area contributed by atoms with E-state index in [-0.39, 0.29) is 17.2 Å². The van der Waals surface area contributed by atoms with Gasteiger partial charge in [0.05, 0.1) is 11.0 Å². The lowest BCUT2D eigenvalue weighted by Gasteiger charge is -2.18. The third kappa shape index (κ3) is 2.26. The number of hydrogen-bond acceptors (Lipinski definition) is 4. The standard InChI is InChI=1S/C20H18N4O2/c25-17-8-10-24-16-4-2-1-3-15(16)23-19(24)18(17)20(26)22-13-5-6-14-12(11-13)7-9-21-14/h1-6,11,21,25H,7-10H2,(H,22,26). The molecule has 2 aliphatic heterocycles. The van der Waals surface area contributed by atoms with Crippen LogP contribution in [-0.2, 0) is 17.8 Å². The Kier molecular flexibility index (Phi) is 3.25. The van der Waals surface area contributed by atoms with Crippen LogP contribution in [0.5, 0.6) is 0 Å². The number of hydrogen-bond donors (Lipinski definition) is 3. The first-order chi connectivity index (χ1) is 12.7. The molecule has 26 heavy (non-hydrogen) atoms. The molecule has 3 aromatic rings. The van der Waals surface area contributed by atoms with E-state index in [0.717, 1.165) is 35.4 Å². The minimum atomic E-state index is -0.329. The molecule has 0 saturated carbocycles. The van der Waals surface area contributed by atoms with Crippen molar-refractivity contribution >= 4 is 33.9 Å². The molecule has 1 amide bonds. The minimum absolute atomic E-state index is 0.0909. The maximum Gasteiger partial charge on any atom is 0.262 e. The van der Waals surface area contributed by atoms with Gasteiger partial charge in [-0.25, -0.2) is 4.98 Å². The van der Waals surface area contributed by atoms with E-state index in [9.17, 15) is 9.90 Å². The summed E-state index contributed by atoms with van der Waals surface area (Å²) < 4.78 is 2.00. The first-order valence-corrected chi connectivity index (χ1v) is 8.76. The Morgan fingerprint density at radius 1 is 1.19 bits per heavy atom. The summed E-state index contributed by atoms with van der Waals surface area (Å²) in [6.07, 6.45) is 1.37. The van der Waals surface area contributed by atoms with Crippen LogP contribution in [0.4, 0.5) is 11.4 Å². The molecule has 2 aliphatic rings. The van der Waals surface area contributed by atoms with Gasteiger partial charge in [0.2, 0.25) is 0 Å². The lowest BCUT2D eigenvalue weighted by Crippen LogP contribution is -2.22. The fourth-order valence-electron chi connectivity index (χ4n) is 3.77. The Morgan fingerprint density at radius 2 is 2.08 bits per heavy atom. The van der Waals surface area contributed by atoms with Crippen molar-refractivity contribution in [1.82, 2.24) is 9.55 Å². The van der Waals surface area contributed by atoms with Crippen molar-refractivity contribution in [2.24, 2.45) is 0 Å². The summed E-state index contributed by atoms with van der Waals surface area (Å²) >= 11 is 0. The third-order valence-corrected chi connectivity index (χ3v) is 5.04. The number of rotatable bonds is 2. The predicted octanol–water partition coefficient (Wildman–Crippen LogP) is 3.32. The predicted molar refractivity (Wildman–Crippen MR) is 101 cm³/mol. The zero-order valence-electron chi connectivity index (χ0n) is 14.1. The number of amides is 1. The van der Waals surface area contributed by atoms with Crippen LogP contribution >= 0.6 is 0 Å². The number of nitrogens with one attached hydrogen (secondary N) is 2. The summed E-state index contributed by atoms with van der Waals surface area (Å²) in [5, 5.41) is 16.6. The summed E-state index contributed by atoms with van der Waals surface area (Å²) in [7, 11) is 0. The van der Waals surface area contributed by atoms with Crippen molar-refractivity contribution in [2.45, 2.75) is 19.4 Å². The zero-order chi connectivity index (χ0) is 17.7. The molecule has 0 radical (unpaired) electrons. The molecule has 0 unspecified atom stereocenters. The number of fused-ring (bicyclic) bond motifs is 4. The van der Waals surface area contributed by atoms with E-state index in [2.05, 4.69) is 15.6 Å². The second-order valence-corrected chi connectivity index (χ2v) is 6.65. The van der Waals surface area contributed by atoms with Crippen molar-refractivity contribution in [3.63, 3.8) is 0 Å². The van der Waals surface area contributed by atoms with Gasteiger partial charge in [-0.1, -0.05) is 12.1 Å². The molecule has 6 heteroatoms. The summed E-state index contributed by atoms with van der Waals surface area (Å²) in [6, 6.07) is 13.6. The Morgan fingerprint density at radius 3 is 3.00 bits per heavy atom. The highest BCUT2D eigenvalue weighted by atomic mass is 16.3. The third-order valence-electron chi connectivity index (χ3n) is 5.04. The largest absolute Gasteiger partial charge is 0.511 e. The van der Waals surface area contributed by atoms with Gasteiger partial charge in [-0.05, 0) is 42.3 Å². The van der Waals surface area contributed by atoms with E-state index in [1.807, 2.05) is 47.0 Å². The Hall–Kier alpha value is -3.28. The number of allylic oxidation sites excluding steroid dienone is 1. The van der Waals surface area contributed by atoms with Gasteiger partial charge in [-0.15, -0.1) is 0 Å². The van der Waals surface area contributed by atoms with Gasteiger partial charge < -0.3 is 20.3 Å². The molecule has 0 spiro atoms. The van der Waals surface area contributed by atoms with Crippen LogP contribution < -0.4 is 10.6 Å². The van der Waals surface area contributed by atoms with E-state index in [0.29, 0.717) is 18.8 Å². The van der Waals surface area contributed by atoms with Crippen molar-refractivity contribution in [3.05, 3.63) is 59.6 Å². The van der Waals surface area contributed by atoms with E-state index >= 15 is 0 Å². The zero-order valence-corrected chi connectivity index (χ0v) is 14.1. The summed E-state index contributed by atoms with van der Waals surface area (Å²) in [4.78, 5) is 17.5. The van der Waals surface area contributed by atoms with Gasteiger partial charge in [-0.2, -0.15) is 0 Å². The van der Waals surface area contributed by atoms with Crippen LogP contribution in [0.25, 0.3) is 16.6 Å². The smallest absolute Gasteiger partial charge is 0.262 e. The number of anilines is 2. The number of imidazole rings is 1. The van der Waals surface area contributed by atoms with Crippen LogP contribution in [0.1, 0.15) is 17.8 Å². The molecule has 2 aromatic carbocycles. The highest BCUT2D eigenvalue weighted by molar-refractivity contribution is 6.25. The van der Waals surface area contributed by atoms with Gasteiger partial charge in [0, 0.05) is 30.9 Å². The number of aliphatic hydroxyl groups is 1. The number of nitrogens with zero attached hydrogens (tertiary/aromatic N) is 2. The molecule has 0 bridgehead atoms. The molecule has 0 aliphatic carbocycles. The second-order valence-electron chi connectivity index (χ2n) is 6.65. The van der Waals surface area contributed by atoms with Crippen molar-refractivity contribution in [3.8, 4) is 0 Å².